The van der Waals surface area contributed by atoms with Crippen LogP contribution in [-0.4, -0.2) is 40.9 Å². The Morgan fingerprint density at radius 3 is 2.37 bits per heavy atom. The minimum Gasteiger partial charge on any atom is -0.497 e. The van der Waals surface area contributed by atoms with E-state index in [1.807, 2.05) is 6.07 Å². The van der Waals surface area contributed by atoms with Gasteiger partial charge in [0.05, 0.1) is 13.7 Å². The van der Waals surface area contributed by atoms with E-state index in [2.05, 4.69) is 15.6 Å². The second-order valence-corrected chi connectivity index (χ2v) is 9.39. The smallest absolute Gasteiger partial charge is 0.411 e. The zero-order valence-corrected chi connectivity index (χ0v) is 22.1. The van der Waals surface area contributed by atoms with Crippen LogP contribution >= 0.6 is 0 Å². The van der Waals surface area contributed by atoms with Gasteiger partial charge in [-0.2, -0.15) is 0 Å². The van der Waals surface area contributed by atoms with Crippen LogP contribution in [0.25, 0.3) is 0 Å². The highest BCUT2D eigenvalue weighted by Crippen LogP contribution is 2.34. The van der Waals surface area contributed by atoms with Gasteiger partial charge in [-0.05, 0) is 71.3 Å². The van der Waals surface area contributed by atoms with Crippen LogP contribution in [0.2, 0.25) is 0 Å². The molecule has 0 radical (unpaired) electrons. The van der Waals surface area contributed by atoms with Gasteiger partial charge in [-0.1, -0.05) is 30.3 Å². The summed E-state index contributed by atoms with van der Waals surface area (Å²) in [6, 6.07) is 21.8. The number of nitrogens with zero attached hydrogens (tertiary/aromatic N) is 2. The van der Waals surface area contributed by atoms with Crippen molar-refractivity contribution in [3.05, 3.63) is 125 Å². The minimum absolute atomic E-state index is 0.0522. The number of aromatic nitrogens is 1. The highest BCUT2D eigenvalue weighted by Gasteiger charge is 2.46. The topological polar surface area (TPSA) is 110 Å². The van der Waals surface area contributed by atoms with E-state index in [0.717, 1.165) is 5.56 Å². The summed E-state index contributed by atoms with van der Waals surface area (Å²) in [5.74, 6) is -0.473. The number of carbonyl (C=O) groups excluding carboxylic acids is 3. The number of pyridine rings is 1. The first-order chi connectivity index (χ1) is 19.9. The minimum atomic E-state index is -0.996. The summed E-state index contributed by atoms with van der Waals surface area (Å²) in [4.78, 5) is 44.5. The van der Waals surface area contributed by atoms with Crippen molar-refractivity contribution in [1.29, 1.82) is 0 Å². The average Bonchev–Trinajstić information content (AvgIpc) is 3.33. The molecule has 0 spiro atoms. The predicted octanol–water partition coefficient (Wildman–Crippen LogP) is 4.86. The molecule has 2 heterocycles. The summed E-state index contributed by atoms with van der Waals surface area (Å²) in [6.45, 7) is 0.265. The van der Waals surface area contributed by atoms with Crippen LogP contribution in [0.15, 0.2) is 97.3 Å². The molecule has 1 aromatic heterocycles. The van der Waals surface area contributed by atoms with E-state index in [-0.39, 0.29) is 19.0 Å². The molecule has 4 aromatic rings. The van der Waals surface area contributed by atoms with Gasteiger partial charge in [0.15, 0.2) is 12.1 Å². The average molecular weight is 555 g/mol. The number of benzene rings is 3. The highest BCUT2D eigenvalue weighted by molar-refractivity contribution is 6.04. The van der Waals surface area contributed by atoms with E-state index < -0.39 is 30.0 Å². The molecule has 0 aliphatic carbocycles. The van der Waals surface area contributed by atoms with Crippen molar-refractivity contribution in [3.63, 3.8) is 0 Å². The second-order valence-electron chi connectivity index (χ2n) is 9.39. The molecule has 41 heavy (non-hydrogen) atoms. The maximum absolute atomic E-state index is 13.5. The zero-order valence-electron chi connectivity index (χ0n) is 22.1. The van der Waals surface area contributed by atoms with Crippen molar-refractivity contribution in [2.45, 2.75) is 25.2 Å². The van der Waals surface area contributed by atoms with Crippen LogP contribution in [0.5, 0.6) is 5.75 Å². The lowest BCUT2D eigenvalue weighted by molar-refractivity contribution is -0.126. The highest BCUT2D eigenvalue weighted by atomic mass is 19.1. The summed E-state index contributed by atoms with van der Waals surface area (Å²) in [5, 5.41) is 5.70. The number of methoxy groups -OCH3 is 1. The monoisotopic (exact) mass is 554 g/mol. The lowest BCUT2D eigenvalue weighted by atomic mass is 10.00. The van der Waals surface area contributed by atoms with E-state index >= 15 is 0 Å². The standard InChI is InChI=1S/C31H27FN4O5/c1-40-26-14-8-23(9-15-26)29(37)35-25-12-6-22(7-13-25)28-27(30(38)34-18-21-3-2-16-33-17-21)36(31(39)41-28)19-20-4-10-24(32)11-5-20/h2-17,27-28H,18-19H2,1H3,(H,34,38)(H,35,37). The van der Waals surface area contributed by atoms with E-state index in [1.165, 1.54) is 17.0 Å². The van der Waals surface area contributed by atoms with Gasteiger partial charge >= 0.3 is 6.09 Å². The van der Waals surface area contributed by atoms with Gasteiger partial charge in [-0.3, -0.25) is 19.5 Å². The Bertz CT molecular complexity index is 1510. The quantitative estimate of drug-likeness (QED) is 0.306. The summed E-state index contributed by atoms with van der Waals surface area (Å²) in [7, 11) is 1.55. The summed E-state index contributed by atoms with van der Waals surface area (Å²) in [6.07, 6.45) is 1.70. The van der Waals surface area contributed by atoms with Crippen LogP contribution in [0, 0.1) is 5.82 Å². The summed E-state index contributed by atoms with van der Waals surface area (Å²) >= 11 is 0. The molecule has 0 saturated carbocycles. The molecule has 2 unspecified atom stereocenters. The molecule has 10 heteroatoms. The largest absolute Gasteiger partial charge is 0.497 e. The Hall–Kier alpha value is -5.25. The second kappa shape index (κ2) is 12.3. The fraction of sp³-hybridized carbons (Fsp3) is 0.161. The number of carbonyl (C=O) groups is 3. The molecular weight excluding hydrogens is 527 g/mol. The predicted molar refractivity (Wildman–Crippen MR) is 148 cm³/mol. The summed E-state index contributed by atoms with van der Waals surface area (Å²) < 4.78 is 24.3. The van der Waals surface area contributed by atoms with Crippen LogP contribution in [-0.2, 0) is 22.6 Å². The molecule has 5 rings (SSSR count). The summed E-state index contributed by atoms with van der Waals surface area (Å²) in [5.41, 5.74) is 3.00. The number of rotatable bonds is 9. The van der Waals surface area contributed by atoms with Gasteiger partial charge in [0, 0.05) is 30.2 Å². The Morgan fingerprint density at radius 1 is 0.976 bits per heavy atom. The number of cyclic esters (lactones) is 1. The van der Waals surface area contributed by atoms with E-state index in [9.17, 15) is 18.8 Å². The Labute approximate surface area is 235 Å². The lowest BCUT2D eigenvalue weighted by Gasteiger charge is -2.24. The van der Waals surface area contributed by atoms with Crippen LogP contribution in [0.1, 0.15) is 33.2 Å². The molecule has 3 amide bonds. The number of anilines is 1. The van der Waals surface area contributed by atoms with Gasteiger partial charge in [0.25, 0.3) is 5.91 Å². The third-order valence-corrected chi connectivity index (χ3v) is 6.66. The third kappa shape index (κ3) is 6.50. The number of hydrogen-bond acceptors (Lipinski definition) is 6. The van der Waals surface area contributed by atoms with E-state index in [0.29, 0.717) is 28.1 Å². The van der Waals surface area contributed by atoms with Gasteiger partial charge in [-0.25, -0.2) is 9.18 Å². The van der Waals surface area contributed by atoms with Crippen molar-refractivity contribution < 1.29 is 28.2 Å². The number of hydrogen-bond donors (Lipinski definition) is 2. The first-order valence-electron chi connectivity index (χ1n) is 12.8. The van der Waals surface area contributed by atoms with Gasteiger partial charge < -0.3 is 20.1 Å². The van der Waals surface area contributed by atoms with Crippen LogP contribution < -0.4 is 15.4 Å². The molecule has 1 aliphatic rings. The normalized spacial score (nSPS) is 16.1. The van der Waals surface area contributed by atoms with Crippen molar-refractivity contribution in [1.82, 2.24) is 15.2 Å². The first-order valence-corrected chi connectivity index (χ1v) is 12.8. The van der Waals surface area contributed by atoms with E-state index in [4.69, 9.17) is 9.47 Å². The molecule has 3 aromatic carbocycles. The van der Waals surface area contributed by atoms with E-state index in [1.54, 1.807) is 86.2 Å². The van der Waals surface area contributed by atoms with Crippen molar-refractivity contribution in [3.8, 4) is 5.75 Å². The zero-order chi connectivity index (χ0) is 28.8. The maximum Gasteiger partial charge on any atom is 0.411 e. The van der Waals surface area contributed by atoms with Gasteiger partial charge in [-0.15, -0.1) is 0 Å². The lowest BCUT2D eigenvalue weighted by Crippen LogP contribution is -2.46. The first kappa shape index (κ1) is 27.3. The Kier molecular flexibility index (Phi) is 8.19. The number of nitrogens with one attached hydrogen (secondary N) is 2. The SMILES string of the molecule is COc1ccc(C(=O)Nc2ccc(C3OC(=O)N(Cc4ccc(F)cc4)C3C(=O)NCc3cccnc3)cc2)cc1. The molecule has 9 nitrogen and oxygen atoms in total. The molecule has 1 fully saturated rings. The van der Waals surface area contributed by atoms with Gasteiger partial charge in [0.2, 0.25) is 5.91 Å². The molecular formula is C31H27FN4O5. The molecule has 1 aliphatic heterocycles. The number of amides is 3. The van der Waals surface area contributed by atoms with Crippen molar-refractivity contribution in [2.24, 2.45) is 0 Å². The van der Waals surface area contributed by atoms with Crippen molar-refractivity contribution in [2.75, 3.05) is 12.4 Å². The molecule has 208 valence electrons. The molecule has 2 atom stereocenters. The van der Waals surface area contributed by atoms with Gasteiger partial charge in [0.1, 0.15) is 11.6 Å². The Balaban J connectivity index is 1.34. The number of ether oxygens (including phenoxy) is 2. The fourth-order valence-corrected chi connectivity index (χ4v) is 4.49. The molecule has 1 saturated heterocycles. The Morgan fingerprint density at radius 2 is 1.71 bits per heavy atom. The third-order valence-electron chi connectivity index (χ3n) is 6.66. The molecule has 2 N–H and O–H groups in total. The van der Waals surface area contributed by atoms with Crippen LogP contribution in [0.4, 0.5) is 14.9 Å². The molecule has 0 bridgehead atoms. The maximum atomic E-state index is 13.5. The number of halogens is 1. The van der Waals surface area contributed by atoms with Crippen molar-refractivity contribution >= 4 is 23.6 Å². The fourth-order valence-electron chi connectivity index (χ4n) is 4.49. The van der Waals surface area contributed by atoms with Crippen LogP contribution in [0.3, 0.4) is 0 Å².